The van der Waals surface area contributed by atoms with Gasteiger partial charge in [0.25, 0.3) is 0 Å². The first kappa shape index (κ1) is 11.3. The van der Waals surface area contributed by atoms with Gasteiger partial charge in [0.05, 0.1) is 18.8 Å². The number of H-pyrrole nitrogens is 1. The molecule has 0 unspecified atom stereocenters. The second-order valence-corrected chi connectivity index (χ2v) is 4.08. The quantitative estimate of drug-likeness (QED) is 0.658. The van der Waals surface area contributed by atoms with Crippen LogP contribution in [-0.4, -0.2) is 28.3 Å². The lowest BCUT2D eigenvalue weighted by atomic mass is 10.2. The first-order chi connectivity index (χ1) is 9.17. The Kier molecular flexibility index (Phi) is 2.49. The smallest absolute Gasteiger partial charge is 0.410 e. The predicted octanol–water partition coefficient (Wildman–Crippen LogP) is 2.81. The molecule has 1 amide bonds. The number of hydrogen-bond acceptors (Lipinski definition) is 3. The number of rotatable bonds is 2. The molecule has 1 aromatic carbocycles. The number of ether oxygens (including phenoxy) is 1. The Morgan fingerprint density at radius 2 is 2.11 bits per heavy atom. The van der Waals surface area contributed by atoms with E-state index in [0.29, 0.717) is 5.82 Å². The van der Waals surface area contributed by atoms with E-state index in [0.717, 1.165) is 27.6 Å². The molecule has 3 N–H and O–H groups in total. The van der Waals surface area contributed by atoms with Crippen LogP contribution in [0.2, 0.25) is 0 Å². The number of benzene rings is 1. The maximum Gasteiger partial charge on any atom is 0.410 e. The lowest BCUT2D eigenvalue weighted by Gasteiger charge is -2.00. The Morgan fingerprint density at radius 3 is 2.84 bits per heavy atom. The summed E-state index contributed by atoms with van der Waals surface area (Å²) in [7, 11) is 1.61. The summed E-state index contributed by atoms with van der Waals surface area (Å²) in [6.45, 7) is 0. The number of carboxylic acid groups (broad SMARTS) is 1. The van der Waals surface area contributed by atoms with Crippen molar-refractivity contribution in [1.82, 2.24) is 9.97 Å². The molecule has 19 heavy (non-hydrogen) atoms. The minimum atomic E-state index is -1.13. The highest BCUT2D eigenvalue weighted by molar-refractivity contribution is 6.08. The van der Waals surface area contributed by atoms with Gasteiger partial charge < -0.3 is 14.8 Å². The third-order valence-electron chi connectivity index (χ3n) is 2.93. The number of aromatic amines is 1. The number of pyridine rings is 1. The van der Waals surface area contributed by atoms with Gasteiger partial charge >= 0.3 is 6.09 Å². The van der Waals surface area contributed by atoms with Crippen molar-refractivity contribution in [3.8, 4) is 5.75 Å². The van der Waals surface area contributed by atoms with Crippen molar-refractivity contribution >= 4 is 33.7 Å². The van der Waals surface area contributed by atoms with E-state index in [4.69, 9.17) is 9.84 Å². The van der Waals surface area contributed by atoms with Gasteiger partial charge in [-0.3, -0.25) is 5.32 Å². The van der Waals surface area contributed by atoms with Crippen molar-refractivity contribution in [2.24, 2.45) is 0 Å². The minimum Gasteiger partial charge on any atom is -0.497 e. The number of nitrogens with one attached hydrogen (secondary N) is 2. The van der Waals surface area contributed by atoms with Crippen LogP contribution in [0.5, 0.6) is 5.75 Å². The Hall–Kier alpha value is -2.76. The van der Waals surface area contributed by atoms with Crippen molar-refractivity contribution in [2.45, 2.75) is 0 Å². The van der Waals surface area contributed by atoms with E-state index in [9.17, 15) is 4.79 Å². The number of amides is 1. The van der Waals surface area contributed by atoms with Crippen molar-refractivity contribution < 1.29 is 14.6 Å². The van der Waals surface area contributed by atoms with E-state index in [1.165, 1.54) is 0 Å². The fraction of sp³-hybridized carbons (Fsp3) is 0.0769. The van der Waals surface area contributed by atoms with Crippen molar-refractivity contribution in [3.63, 3.8) is 0 Å². The summed E-state index contributed by atoms with van der Waals surface area (Å²) in [6, 6.07) is 7.38. The van der Waals surface area contributed by atoms with Gasteiger partial charge in [-0.2, -0.15) is 0 Å². The van der Waals surface area contributed by atoms with Gasteiger partial charge in [0.15, 0.2) is 0 Å². The molecule has 0 aliphatic heterocycles. The number of aromatic nitrogens is 2. The van der Waals surface area contributed by atoms with Crippen LogP contribution in [0.15, 0.2) is 30.5 Å². The average molecular weight is 257 g/mol. The number of carbonyl (C=O) groups is 1. The summed E-state index contributed by atoms with van der Waals surface area (Å²) in [6.07, 6.45) is 0.469. The molecule has 96 valence electrons. The molecule has 0 fully saturated rings. The van der Waals surface area contributed by atoms with Crippen molar-refractivity contribution in [1.29, 1.82) is 0 Å². The fourth-order valence-electron chi connectivity index (χ4n) is 2.08. The summed E-state index contributed by atoms with van der Waals surface area (Å²) >= 11 is 0. The molecule has 6 nitrogen and oxygen atoms in total. The number of fused-ring (bicyclic) bond motifs is 3. The highest BCUT2D eigenvalue weighted by atomic mass is 16.5. The van der Waals surface area contributed by atoms with Gasteiger partial charge in [0, 0.05) is 16.3 Å². The molecule has 3 aromatic rings. The van der Waals surface area contributed by atoms with E-state index >= 15 is 0 Å². The fourth-order valence-corrected chi connectivity index (χ4v) is 2.08. The molecule has 3 rings (SSSR count). The summed E-state index contributed by atoms with van der Waals surface area (Å²) in [4.78, 5) is 17.9. The van der Waals surface area contributed by atoms with Crippen LogP contribution in [0.25, 0.3) is 21.8 Å². The average Bonchev–Trinajstić information content (AvgIpc) is 2.75. The second kappa shape index (κ2) is 4.16. The Bertz CT molecular complexity index is 779. The maximum atomic E-state index is 10.6. The first-order valence-electron chi connectivity index (χ1n) is 5.63. The molecule has 0 bridgehead atoms. The topological polar surface area (TPSA) is 87.2 Å². The first-order valence-corrected chi connectivity index (χ1v) is 5.63. The normalized spacial score (nSPS) is 10.8. The second-order valence-electron chi connectivity index (χ2n) is 4.08. The zero-order valence-corrected chi connectivity index (χ0v) is 10.1. The number of anilines is 1. The molecular formula is C13H11N3O3. The van der Waals surface area contributed by atoms with E-state index in [2.05, 4.69) is 15.3 Å². The van der Waals surface area contributed by atoms with Crippen LogP contribution in [0.4, 0.5) is 10.6 Å². The summed E-state index contributed by atoms with van der Waals surface area (Å²) in [5.74, 6) is 1.04. The van der Waals surface area contributed by atoms with Crippen LogP contribution >= 0.6 is 0 Å². The zero-order valence-electron chi connectivity index (χ0n) is 10.1. The zero-order chi connectivity index (χ0) is 13.4. The van der Waals surface area contributed by atoms with Crippen molar-refractivity contribution in [2.75, 3.05) is 12.4 Å². The van der Waals surface area contributed by atoms with Crippen LogP contribution < -0.4 is 10.1 Å². The van der Waals surface area contributed by atoms with E-state index in [-0.39, 0.29) is 0 Å². The molecule has 0 atom stereocenters. The summed E-state index contributed by atoms with van der Waals surface area (Å²) < 4.78 is 5.20. The Balaban J connectivity index is 2.23. The monoisotopic (exact) mass is 257 g/mol. The van der Waals surface area contributed by atoms with Crippen LogP contribution in [0.1, 0.15) is 0 Å². The highest BCUT2D eigenvalue weighted by Gasteiger charge is 2.08. The number of methoxy groups -OCH3 is 1. The lowest BCUT2D eigenvalue weighted by molar-refractivity contribution is 0.209. The molecular weight excluding hydrogens is 246 g/mol. The van der Waals surface area contributed by atoms with Gasteiger partial charge in [0.1, 0.15) is 11.6 Å². The largest absolute Gasteiger partial charge is 0.497 e. The van der Waals surface area contributed by atoms with Crippen LogP contribution in [0, 0.1) is 0 Å². The molecule has 0 saturated carbocycles. The molecule has 6 heteroatoms. The van der Waals surface area contributed by atoms with Crippen LogP contribution in [0.3, 0.4) is 0 Å². The minimum absolute atomic E-state index is 0.295. The molecule has 0 aliphatic carbocycles. The molecule has 2 aromatic heterocycles. The van der Waals surface area contributed by atoms with Gasteiger partial charge in [-0.25, -0.2) is 9.78 Å². The number of hydrogen-bond donors (Lipinski definition) is 3. The van der Waals surface area contributed by atoms with Gasteiger partial charge in [0.2, 0.25) is 0 Å². The molecule has 2 heterocycles. The maximum absolute atomic E-state index is 10.6. The number of nitrogens with zero attached hydrogens (tertiary/aromatic N) is 1. The van der Waals surface area contributed by atoms with Gasteiger partial charge in [-0.05, 0) is 24.3 Å². The molecule has 0 spiro atoms. The van der Waals surface area contributed by atoms with Gasteiger partial charge in [-0.1, -0.05) is 0 Å². The molecule has 0 saturated heterocycles. The third kappa shape index (κ3) is 1.93. The van der Waals surface area contributed by atoms with E-state index in [1.807, 2.05) is 18.2 Å². The van der Waals surface area contributed by atoms with E-state index < -0.39 is 6.09 Å². The van der Waals surface area contributed by atoms with E-state index in [1.54, 1.807) is 19.4 Å². The SMILES string of the molecule is COc1ccc2[nH]c3cnc(NC(=O)O)cc3c2c1. The third-order valence-corrected chi connectivity index (χ3v) is 2.93. The molecule has 0 radical (unpaired) electrons. The lowest BCUT2D eigenvalue weighted by Crippen LogP contribution is -2.08. The predicted molar refractivity (Wildman–Crippen MR) is 71.8 cm³/mol. The van der Waals surface area contributed by atoms with Crippen LogP contribution in [-0.2, 0) is 0 Å². The standard InChI is InChI=1S/C13H11N3O3/c1-19-7-2-3-10-8(4-7)9-5-12(16-13(17)18)14-6-11(9)15-10/h2-6,15H,1H3,(H,14,16)(H,17,18). The highest BCUT2D eigenvalue weighted by Crippen LogP contribution is 2.29. The van der Waals surface area contributed by atoms with Crippen molar-refractivity contribution in [3.05, 3.63) is 30.5 Å². The summed E-state index contributed by atoms with van der Waals surface area (Å²) in [5.41, 5.74) is 1.80. The summed E-state index contributed by atoms with van der Waals surface area (Å²) in [5, 5.41) is 12.8. The molecule has 0 aliphatic rings. The Labute approximate surface area is 108 Å². The van der Waals surface area contributed by atoms with Gasteiger partial charge in [-0.15, -0.1) is 0 Å². The Morgan fingerprint density at radius 1 is 1.32 bits per heavy atom.